The molecule has 0 aliphatic heterocycles. The number of aryl methyl sites for hydroxylation is 1. The number of hydrogen-bond acceptors (Lipinski definition) is 6. The Hall–Kier alpha value is -1.66. The van der Waals surface area contributed by atoms with Crippen molar-refractivity contribution in [2.24, 2.45) is 0 Å². The second kappa shape index (κ2) is 5.14. The predicted molar refractivity (Wildman–Crippen MR) is 80.1 cm³/mol. The minimum absolute atomic E-state index is 0.760. The van der Waals surface area contributed by atoms with Gasteiger partial charge in [-0.15, -0.1) is 11.3 Å². The van der Waals surface area contributed by atoms with Crippen LogP contribution in [0, 0.1) is 6.92 Å². The van der Waals surface area contributed by atoms with Crippen molar-refractivity contribution in [3.8, 4) is 0 Å². The predicted octanol–water partition coefficient (Wildman–Crippen LogP) is 3.59. The van der Waals surface area contributed by atoms with E-state index in [-0.39, 0.29) is 0 Å². The minimum atomic E-state index is 0.760. The first-order chi connectivity index (χ1) is 9.24. The Morgan fingerprint density at radius 2 is 2.00 bits per heavy atom. The summed E-state index contributed by atoms with van der Waals surface area (Å²) < 4.78 is 2.20. The molecule has 96 valence electrons. The van der Waals surface area contributed by atoms with Gasteiger partial charge in [-0.3, -0.25) is 0 Å². The molecule has 0 fully saturated rings. The van der Waals surface area contributed by atoms with Gasteiger partial charge in [0.2, 0.25) is 0 Å². The van der Waals surface area contributed by atoms with Crippen LogP contribution >= 0.6 is 23.1 Å². The number of rotatable bonds is 3. The van der Waals surface area contributed by atoms with Crippen LogP contribution in [0.5, 0.6) is 0 Å². The van der Waals surface area contributed by atoms with E-state index in [1.54, 1.807) is 23.1 Å². The fourth-order valence-corrected chi connectivity index (χ4v) is 3.77. The van der Waals surface area contributed by atoms with Crippen molar-refractivity contribution in [3.63, 3.8) is 0 Å². The van der Waals surface area contributed by atoms with Gasteiger partial charge in [-0.05, 0) is 30.8 Å². The van der Waals surface area contributed by atoms with E-state index >= 15 is 0 Å². The molecule has 0 aliphatic rings. The smallest absolute Gasteiger partial charge is 0.157 e. The fraction of sp³-hybridized carbons (Fsp3) is 0.154. The van der Waals surface area contributed by atoms with Gasteiger partial charge >= 0.3 is 0 Å². The molecule has 0 atom stereocenters. The van der Waals surface area contributed by atoms with Gasteiger partial charge in [0.05, 0.1) is 10.2 Å². The number of thiazole rings is 1. The highest BCUT2D eigenvalue weighted by Gasteiger charge is 2.08. The second-order valence-corrected chi connectivity index (χ2v) is 6.24. The largest absolute Gasteiger partial charge is 0.373 e. The van der Waals surface area contributed by atoms with Gasteiger partial charge in [0.25, 0.3) is 0 Å². The number of aromatic nitrogens is 3. The summed E-state index contributed by atoms with van der Waals surface area (Å²) in [4.78, 5) is 13.3. The van der Waals surface area contributed by atoms with Crippen LogP contribution in [0.3, 0.4) is 0 Å². The summed E-state index contributed by atoms with van der Waals surface area (Å²) in [6.45, 7) is 1.89. The van der Waals surface area contributed by atoms with Crippen molar-refractivity contribution in [1.82, 2.24) is 15.0 Å². The zero-order valence-corrected chi connectivity index (χ0v) is 12.2. The lowest BCUT2D eigenvalue weighted by atomic mass is 10.3. The molecule has 2 heterocycles. The molecule has 19 heavy (non-hydrogen) atoms. The fourth-order valence-electron chi connectivity index (χ4n) is 1.70. The Morgan fingerprint density at radius 1 is 1.16 bits per heavy atom. The molecule has 0 saturated carbocycles. The molecule has 0 spiro atoms. The van der Waals surface area contributed by atoms with Gasteiger partial charge in [0.1, 0.15) is 16.7 Å². The first-order valence-corrected chi connectivity index (χ1v) is 7.45. The molecule has 1 aromatic carbocycles. The maximum atomic E-state index is 4.59. The molecular weight excluding hydrogens is 276 g/mol. The molecule has 4 nitrogen and oxygen atoms in total. The van der Waals surface area contributed by atoms with E-state index in [4.69, 9.17) is 0 Å². The van der Waals surface area contributed by atoms with E-state index in [1.165, 1.54) is 4.70 Å². The zero-order valence-electron chi connectivity index (χ0n) is 10.5. The van der Waals surface area contributed by atoms with Crippen LogP contribution in [-0.4, -0.2) is 22.0 Å². The van der Waals surface area contributed by atoms with Gasteiger partial charge in [-0.1, -0.05) is 12.1 Å². The quantitative estimate of drug-likeness (QED) is 0.746. The van der Waals surface area contributed by atoms with Gasteiger partial charge in [-0.2, -0.15) is 0 Å². The molecule has 6 heteroatoms. The summed E-state index contributed by atoms with van der Waals surface area (Å²) in [6, 6.07) is 10.1. The van der Waals surface area contributed by atoms with Gasteiger partial charge in [-0.25, -0.2) is 15.0 Å². The lowest BCUT2D eigenvalue weighted by Gasteiger charge is -2.03. The number of hydrogen-bond donors (Lipinski definition) is 1. The zero-order chi connectivity index (χ0) is 13.2. The monoisotopic (exact) mass is 288 g/mol. The third-order valence-electron chi connectivity index (χ3n) is 2.54. The molecule has 3 aromatic rings. The Labute approximate surface area is 119 Å². The summed E-state index contributed by atoms with van der Waals surface area (Å²) >= 11 is 3.26. The SMILES string of the molecule is CNc1cc(Sc2nc3ccccc3s2)nc(C)n1. The van der Waals surface area contributed by atoms with Crippen LogP contribution in [0.4, 0.5) is 5.82 Å². The van der Waals surface area contributed by atoms with E-state index in [2.05, 4.69) is 26.3 Å². The molecule has 0 aliphatic carbocycles. The number of nitrogens with zero attached hydrogens (tertiary/aromatic N) is 3. The Morgan fingerprint density at radius 3 is 2.79 bits per heavy atom. The van der Waals surface area contributed by atoms with Crippen molar-refractivity contribution in [1.29, 1.82) is 0 Å². The van der Waals surface area contributed by atoms with Crippen molar-refractivity contribution in [2.75, 3.05) is 12.4 Å². The molecule has 0 bridgehead atoms. The van der Waals surface area contributed by atoms with Crippen molar-refractivity contribution < 1.29 is 0 Å². The number of anilines is 1. The number of nitrogens with one attached hydrogen (secondary N) is 1. The summed E-state index contributed by atoms with van der Waals surface area (Å²) in [5.74, 6) is 1.59. The highest BCUT2D eigenvalue weighted by atomic mass is 32.2. The first-order valence-electron chi connectivity index (χ1n) is 5.81. The second-order valence-electron chi connectivity index (χ2n) is 3.94. The maximum absolute atomic E-state index is 4.59. The van der Waals surface area contributed by atoms with Crippen LogP contribution in [0.15, 0.2) is 39.7 Å². The van der Waals surface area contributed by atoms with Crippen LogP contribution in [-0.2, 0) is 0 Å². The van der Waals surface area contributed by atoms with Gasteiger partial charge in [0.15, 0.2) is 4.34 Å². The standard InChI is InChI=1S/C13H12N4S2/c1-8-15-11(14-2)7-12(16-8)19-13-17-9-5-3-4-6-10(9)18-13/h3-7H,1-2H3,(H,14,15,16). The van der Waals surface area contributed by atoms with E-state index < -0.39 is 0 Å². The average Bonchev–Trinajstić information content (AvgIpc) is 2.80. The van der Waals surface area contributed by atoms with Crippen molar-refractivity contribution >= 4 is 39.1 Å². The topological polar surface area (TPSA) is 50.7 Å². The van der Waals surface area contributed by atoms with Crippen LogP contribution < -0.4 is 5.32 Å². The molecule has 0 unspecified atom stereocenters. The molecule has 0 saturated heterocycles. The molecule has 1 N–H and O–H groups in total. The first kappa shape index (κ1) is 12.4. The summed E-state index contributed by atoms with van der Waals surface area (Å²) in [5, 5.41) is 3.95. The number of benzene rings is 1. The average molecular weight is 288 g/mol. The summed E-state index contributed by atoms with van der Waals surface area (Å²) in [6.07, 6.45) is 0. The Balaban J connectivity index is 1.94. The Bertz CT molecular complexity index is 690. The lowest BCUT2D eigenvalue weighted by molar-refractivity contribution is 0.968. The van der Waals surface area contributed by atoms with Crippen LogP contribution in [0.1, 0.15) is 5.82 Å². The highest BCUT2D eigenvalue weighted by molar-refractivity contribution is 8.01. The molecule has 0 radical (unpaired) electrons. The van der Waals surface area contributed by atoms with E-state index in [1.807, 2.05) is 38.2 Å². The summed E-state index contributed by atoms with van der Waals surface area (Å²) in [7, 11) is 1.86. The minimum Gasteiger partial charge on any atom is -0.373 e. The van der Waals surface area contributed by atoms with E-state index in [9.17, 15) is 0 Å². The van der Waals surface area contributed by atoms with Gasteiger partial charge < -0.3 is 5.32 Å². The third-order valence-corrected chi connectivity index (χ3v) is 4.55. The molecular formula is C13H12N4S2. The molecule has 2 aromatic heterocycles. The molecule has 3 rings (SSSR count). The number of para-hydroxylation sites is 1. The highest BCUT2D eigenvalue weighted by Crippen LogP contribution is 2.33. The van der Waals surface area contributed by atoms with Crippen LogP contribution in [0.2, 0.25) is 0 Å². The van der Waals surface area contributed by atoms with Crippen LogP contribution in [0.25, 0.3) is 10.2 Å². The van der Waals surface area contributed by atoms with Gasteiger partial charge in [0, 0.05) is 13.1 Å². The van der Waals surface area contributed by atoms with E-state index in [0.717, 1.165) is 26.5 Å². The Kier molecular flexibility index (Phi) is 3.35. The number of fused-ring (bicyclic) bond motifs is 1. The maximum Gasteiger partial charge on any atom is 0.157 e. The lowest BCUT2D eigenvalue weighted by Crippen LogP contribution is -1.97. The van der Waals surface area contributed by atoms with E-state index in [0.29, 0.717) is 0 Å². The normalized spacial score (nSPS) is 10.8. The van der Waals surface area contributed by atoms with Crippen molar-refractivity contribution in [2.45, 2.75) is 16.3 Å². The summed E-state index contributed by atoms with van der Waals surface area (Å²) in [5.41, 5.74) is 1.04. The van der Waals surface area contributed by atoms with Crippen molar-refractivity contribution in [3.05, 3.63) is 36.2 Å². The third kappa shape index (κ3) is 2.69. The molecule has 0 amide bonds.